The second-order valence-corrected chi connectivity index (χ2v) is 4.67. The summed E-state index contributed by atoms with van der Waals surface area (Å²) in [6.07, 6.45) is 2.19. The van der Waals surface area contributed by atoms with Gasteiger partial charge in [0.25, 0.3) is 0 Å². The van der Waals surface area contributed by atoms with Crippen molar-refractivity contribution < 1.29 is 14.5 Å². The zero-order chi connectivity index (χ0) is 14.4. The van der Waals surface area contributed by atoms with Gasteiger partial charge >= 0.3 is 11.7 Å². The summed E-state index contributed by atoms with van der Waals surface area (Å²) < 4.78 is 5.10. The van der Waals surface area contributed by atoms with Crippen LogP contribution in [0.3, 0.4) is 0 Å². The molecule has 1 aromatic rings. The van der Waals surface area contributed by atoms with E-state index < -0.39 is 10.9 Å². The molecule has 0 bridgehead atoms. The van der Waals surface area contributed by atoms with E-state index in [1.165, 1.54) is 24.3 Å². The van der Waals surface area contributed by atoms with Crippen LogP contribution in [0.2, 0.25) is 0 Å². The average molecular weight is 332 g/mol. The SMILES string of the molecule is CCCN(CC(=O)OC)c1ncc(Br)cc1[N+](=O)[O-]. The Kier molecular flexibility index (Phi) is 5.68. The maximum absolute atomic E-state index is 11.3. The van der Waals surface area contributed by atoms with Crippen molar-refractivity contribution in [2.75, 3.05) is 25.1 Å². The van der Waals surface area contributed by atoms with Crippen LogP contribution in [-0.4, -0.2) is 36.1 Å². The number of ether oxygens (including phenoxy) is 1. The van der Waals surface area contributed by atoms with E-state index in [1.807, 2.05) is 6.92 Å². The second kappa shape index (κ2) is 7.03. The van der Waals surface area contributed by atoms with Crippen LogP contribution in [0.25, 0.3) is 0 Å². The van der Waals surface area contributed by atoms with E-state index in [1.54, 1.807) is 0 Å². The summed E-state index contributed by atoms with van der Waals surface area (Å²) in [5.41, 5.74) is -0.147. The molecule has 0 spiro atoms. The number of methoxy groups -OCH3 is 1. The highest BCUT2D eigenvalue weighted by molar-refractivity contribution is 9.10. The van der Waals surface area contributed by atoms with Crippen molar-refractivity contribution in [2.24, 2.45) is 0 Å². The van der Waals surface area contributed by atoms with E-state index in [0.717, 1.165) is 6.42 Å². The Hall–Kier alpha value is -1.70. The smallest absolute Gasteiger partial charge is 0.325 e. The summed E-state index contributed by atoms with van der Waals surface area (Å²) in [6.45, 7) is 2.32. The molecular weight excluding hydrogens is 318 g/mol. The Morgan fingerprint density at radius 2 is 2.32 bits per heavy atom. The molecule has 1 aromatic heterocycles. The van der Waals surface area contributed by atoms with Crippen LogP contribution in [0.15, 0.2) is 16.7 Å². The van der Waals surface area contributed by atoms with Gasteiger partial charge in [-0.15, -0.1) is 0 Å². The summed E-state index contributed by atoms with van der Waals surface area (Å²) in [5, 5.41) is 11.0. The molecule has 0 atom stereocenters. The van der Waals surface area contributed by atoms with Crippen LogP contribution in [0.1, 0.15) is 13.3 Å². The monoisotopic (exact) mass is 331 g/mol. The first kappa shape index (κ1) is 15.4. The number of halogens is 1. The highest BCUT2D eigenvalue weighted by Crippen LogP contribution is 2.28. The van der Waals surface area contributed by atoms with Gasteiger partial charge in [0.2, 0.25) is 5.82 Å². The van der Waals surface area contributed by atoms with Gasteiger partial charge in [-0.3, -0.25) is 14.9 Å². The van der Waals surface area contributed by atoms with E-state index in [0.29, 0.717) is 11.0 Å². The first-order valence-corrected chi connectivity index (χ1v) is 6.40. The first-order valence-electron chi connectivity index (χ1n) is 5.61. The van der Waals surface area contributed by atoms with Crippen molar-refractivity contribution in [3.63, 3.8) is 0 Å². The molecule has 8 heteroatoms. The minimum atomic E-state index is -0.521. The molecule has 19 heavy (non-hydrogen) atoms. The van der Waals surface area contributed by atoms with Crippen LogP contribution in [0.4, 0.5) is 11.5 Å². The molecule has 7 nitrogen and oxygen atoms in total. The van der Waals surface area contributed by atoms with Gasteiger partial charge in [-0.1, -0.05) is 6.92 Å². The van der Waals surface area contributed by atoms with Crippen molar-refractivity contribution in [1.82, 2.24) is 4.98 Å². The number of nitrogens with zero attached hydrogens (tertiary/aromatic N) is 3. The second-order valence-electron chi connectivity index (χ2n) is 3.75. The molecule has 0 aliphatic heterocycles. The summed E-state index contributed by atoms with van der Waals surface area (Å²) in [6, 6.07) is 1.36. The quantitative estimate of drug-likeness (QED) is 0.451. The van der Waals surface area contributed by atoms with Gasteiger partial charge < -0.3 is 9.64 Å². The number of carbonyl (C=O) groups excluding carboxylic acids is 1. The van der Waals surface area contributed by atoms with Gasteiger partial charge in [-0.05, 0) is 22.4 Å². The molecule has 0 saturated carbocycles. The van der Waals surface area contributed by atoms with Gasteiger partial charge in [0.1, 0.15) is 6.54 Å². The molecule has 0 aliphatic rings. The largest absolute Gasteiger partial charge is 0.468 e. The molecule has 0 aliphatic carbocycles. The summed E-state index contributed by atoms with van der Waals surface area (Å²) in [4.78, 5) is 27.4. The van der Waals surface area contributed by atoms with Crippen molar-refractivity contribution in [3.8, 4) is 0 Å². The minimum Gasteiger partial charge on any atom is -0.468 e. The van der Waals surface area contributed by atoms with Crippen molar-refractivity contribution in [2.45, 2.75) is 13.3 Å². The number of pyridine rings is 1. The fourth-order valence-corrected chi connectivity index (χ4v) is 1.87. The number of hydrogen-bond acceptors (Lipinski definition) is 6. The molecule has 0 saturated heterocycles. The number of aromatic nitrogens is 1. The van der Waals surface area contributed by atoms with Gasteiger partial charge in [0, 0.05) is 23.3 Å². The Bertz CT molecular complexity index is 481. The summed E-state index contributed by atoms with van der Waals surface area (Å²) in [5.74, 6) is -0.298. The molecule has 0 amide bonds. The lowest BCUT2D eigenvalue weighted by atomic mass is 10.3. The van der Waals surface area contributed by atoms with Crippen LogP contribution < -0.4 is 4.90 Å². The van der Waals surface area contributed by atoms with E-state index in [9.17, 15) is 14.9 Å². The van der Waals surface area contributed by atoms with Gasteiger partial charge in [0.15, 0.2) is 0 Å². The molecule has 0 radical (unpaired) electrons. The van der Waals surface area contributed by atoms with E-state index >= 15 is 0 Å². The van der Waals surface area contributed by atoms with Crippen molar-refractivity contribution in [1.29, 1.82) is 0 Å². The maximum Gasteiger partial charge on any atom is 0.325 e. The highest BCUT2D eigenvalue weighted by atomic mass is 79.9. The van der Waals surface area contributed by atoms with Crippen LogP contribution in [0, 0.1) is 10.1 Å². The number of carbonyl (C=O) groups is 1. The Morgan fingerprint density at radius 1 is 1.63 bits per heavy atom. The fourth-order valence-electron chi connectivity index (χ4n) is 1.55. The van der Waals surface area contributed by atoms with Gasteiger partial charge in [-0.2, -0.15) is 0 Å². The molecule has 0 fully saturated rings. The maximum atomic E-state index is 11.3. The predicted molar refractivity (Wildman–Crippen MR) is 73.1 cm³/mol. The van der Waals surface area contributed by atoms with Crippen molar-refractivity contribution in [3.05, 3.63) is 26.9 Å². The topological polar surface area (TPSA) is 85.6 Å². The number of hydrogen-bond donors (Lipinski definition) is 0. The number of rotatable bonds is 6. The lowest BCUT2D eigenvalue weighted by Gasteiger charge is -2.21. The Balaban J connectivity index is 3.14. The van der Waals surface area contributed by atoms with Gasteiger partial charge in [0.05, 0.1) is 12.0 Å². The average Bonchev–Trinajstić information content (AvgIpc) is 2.38. The highest BCUT2D eigenvalue weighted by Gasteiger charge is 2.23. The normalized spacial score (nSPS) is 10.1. The van der Waals surface area contributed by atoms with Crippen molar-refractivity contribution >= 4 is 33.4 Å². The van der Waals surface area contributed by atoms with E-state index in [-0.39, 0.29) is 18.1 Å². The van der Waals surface area contributed by atoms with Crippen LogP contribution in [0.5, 0.6) is 0 Å². The molecule has 0 aromatic carbocycles. The molecule has 1 heterocycles. The first-order chi connectivity index (χ1) is 8.99. The van der Waals surface area contributed by atoms with E-state index in [2.05, 4.69) is 25.7 Å². The van der Waals surface area contributed by atoms with Crippen LogP contribution >= 0.6 is 15.9 Å². The molecule has 0 unspecified atom stereocenters. The third kappa shape index (κ3) is 4.16. The molecule has 104 valence electrons. The predicted octanol–water partition coefficient (Wildman–Crippen LogP) is 2.14. The lowest BCUT2D eigenvalue weighted by molar-refractivity contribution is -0.384. The summed E-state index contributed by atoms with van der Waals surface area (Å²) >= 11 is 3.14. The third-order valence-electron chi connectivity index (χ3n) is 2.35. The number of anilines is 1. The molecule has 0 N–H and O–H groups in total. The summed E-state index contributed by atoms with van der Waals surface area (Å²) in [7, 11) is 1.27. The molecule has 1 rings (SSSR count). The number of esters is 1. The lowest BCUT2D eigenvalue weighted by Crippen LogP contribution is -2.32. The third-order valence-corrected chi connectivity index (χ3v) is 2.78. The van der Waals surface area contributed by atoms with Gasteiger partial charge in [-0.25, -0.2) is 4.98 Å². The Labute approximate surface area is 118 Å². The number of nitro groups is 1. The standard InChI is InChI=1S/C11H14BrN3O4/c1-3-4-14(7-10(16)19-2)11-9(15(17)18)5-8(12)6-13-11/h5-6H,3-4,7H2,1-2H3. The minimum absolute atomic E-state index is 0.0696. The zero-order valence-electron chi connectivity index (χ0n) is 10.6. The zero-order valence-corrected chi connectivity index (χ0v) is 12.2. The fraction of sp³-hybridized carbons (Fsp3) is 0.455. The van der Waals surface area contributed by atoms with E-state index in [4.69, 9.17) is 0 Å². The van der Waals surface area contributed by atoms with Crippen LogP contribution in [-0.2, 0) is 9.53 Å². The Morgan fingerprint density at radius 3 is 2.84 bits per heavy atom. The molecular formula is C11H14BrN3O4.